The van der Waals surface area contributed by atoms with E-state index in [1.54, 1.807) is 0 Å². The predicted molar refractivity (Wildman–Crippen MR) is 135 cm³/mol. The highest BCUT2D eigenvalue weighted by molar-refractivity contribution is 6.18. The summed E-state index contributed by atoms with van der Waals surface area (Å²) >= 11 is 0. The maximum absolute atomic E-state index is 13.6. The van der Waals surface area contributed by atoms with Crippen molar-refractivity contribution in [1.29, 1.82) is 0 Å². The van der Waals surface area contributed by atoms with E-state index in [-0.39, 0.29) is 34.9 Å². The van der Waals surface area contributed by atoms with E-state index in [1.165, 1.54) is 6.08 Å². The number of benzene rings is 3. The largest absolute Gasteiger partial charge is 0.507 e. The molecule has 3 aliphatic rings. The quantitative estimate of drug-likeness (QED) is 0.365. The van der Waals surface area contributed by atoms with Crippen LogP contribution in [0.3, 0.4) is 0 Å². The Labute approximate surface area is 203 Å². The third kappa shape index (κ3) is 3.45. The highest BCUT2D eigenvalue weighted by atomic mass is 16.5. The van der Waals surface area contributed by atoms with Crippen LogP contribution < -0.4 is 0 Å². The molecule has 4 nitrogen and oxygen atoms in total. The molecule has 0 amide bonds. The normalized spacial score (nSPS) is 19.0. The van der Waals surface area contributed by atoms with Crippen molar-refractivity contribution in [1.82, 2.24) is 0 Å². The highest BCUT2D eigenvalue weighted by Gasteiger charge is 2.41. The van der Waals surface area contributed by atoms with Crippen molar-refractivity contribution in [3.8, 4) is 0 Å². The van der Waals surface area contributed by atoms with Crippen molar-refractivity contribution in [2.24, 2.45) is 0 Å². The molecule has 3 aromatic rings. The van der Waals surface area contributed by atoms with Crippen molar-refractivity contribution in [3.05, 3.63) is 129 Å². The van der Waals surface area contributed by atoms with Crippen LogP contribution in [-0.4, -0.2) is 22.8 Å². The van der Waals surface area contributed by atoms with Gasteiger partial charge in [0.15, 0.2) is 11.6 Å². The van der Waals surface area contributed by atoms with E-state index in [0.29, 0.717) is 11.3 Å². The molecule has 172 valence electrons. The lowest BCUT2D eigenvalue weighted by Crippen LogP contribution is -2.35. The number of fused-ring (bicyclic) bond motifs is 3. The minimum absolute atomic E-state index is 0.00344. The Kier molecular flexibility index (Phi) is 4.85. The van der Waals surface area contributed by atoms with Gasteiger partial charge in [0.2, 0.25) is 0 Å². The van der Waals surface area contributed by atoms with Gasteiger partial charge in [0.05, 0.1) is 17.6 Å². The van der Waals surface area contributed by atoms with E-state index in [1.807, 2.05) is 68.4 Å². The molecule has 1 unspecified atom stereocenters. The number of hydrogen-bond donors (Lipinski definition) is 1. The summed E-state index contributed by atoms with van der Waals surface area (Å²) in [6.45, 7) is 4.09. The van der Waals surface area contributed by atoms with Gasteiger partial charge < -0.3 is 9.84 Å². The zero-order valence-electron chi connectivity index (χ0n) is 19.6. The van der Waals surface area contributed by atoms with E-state index >= 15 is 0 Å². The van der Waals surface area contributed by atoms with Gasteiger partial charge in [0.1, 0.15) is 17.6 Å². The average molecular weight is 461 g/mol. The van der Waals surface area contributed by atoms with Crippen LogP contribution in [0.1, 0.15) is 45.4 Å². The van der Waals surface area contributed by atoms with Crippen LogP contribution in [0, 0.1) is 13.8 Å². The number of carbonyl (C=O) groups is 2. The van der Waals surface area contributed by atoms with Crippen molar-refractivity contribution >= 4 is 22.9 Å². The molecule has 6 rings (SSSR count). The Morgan fingerprint density at radius 1 is 0.829 bits per heavy atom. The van der Waals surface area contributed by atoms with Crippen LogP contribution in [0.2, 0.25) is 0 Å². The Bertz CT molecular complexity index is 1470. The van der Waals surface area contributed by atoms with Gasteiger partial charge in [-0.25, -0.2) is 0 Å². The van der Waals surface area contributed by atoms with Gasteiger partial charge in [-0.05, 0) is 42.5 Å². The lowest BCUT2D eigenvalue weighted by Gasteiger charge is -2.33. The molecule has 4 heteroatoms. The van der Waals surface area contributed by atoms with Gasteiger partial charge in [0, 0.05) is 17.2 Å². The summed E-state index contributed by atoms with van der Waals surface area (Å²) in [5, 5.41) is 11.4. The fourth-order valence-electron chi connectivity index (χ4n) is 5.41. The Morgan fingerprint density at radius 2 is 1.46 bits per heavy atom. The van der Waals surface area contributed by atoms with Crippen LogP contribution in [0.25, 0.3) is 11.3 Å². The molecule has 0 fully saturated rings. The maximum Gasteiger partial charge on any atom is 0.193 e. The Hall–Kier alpha value is -4.18. The highest BCUT2D eigenvalue weighted by Crippen LogP contribution is 2.44. The summed E-state index contributed by atoms with van der Waals surface area (Å²) < 4.78 is 6.07. The molecule has 1 heterocycles. The number of allylic oxidation sites excluding steroid dienone is 2. The number of aliphatic hydroxyl groups excluding tert-OH is 1. The summed E-state index contributed by atoms with van der Waals surface area (Å²) in [6, 6.07) is 21.6. The van der Waals surface area contributed by atoms with Crippen LogP contribution in [-0.2, 0) is 20.7 Å². The number of aryl methyl sites for hydroxylation is 2. The summed E-state index contributed by atoms with van der Waals surface area (Å²) in [6.07, 6.45) is 1.35. The molecule has 0 spiro atoms. The molecule has 0 saturated carbocycles. The third-order valence-corrected chi connectivity index (χ3v) is 7.01. The first-order valence-electron chi connectivity index (χ1n) is 11.8. The standard InChI is InChI=1S/C31H24O4/c1-17-8-10-22-20(12-17)14-21-13-18(2)9-11-23(21)28(22)30-25(33)16-27-29(31(30)34)24(32)15-26(35-27)19-6-4-3-5-7-19/h3-13,15,27,34H,14,16H2,1-2H3. The predicted octanol–water partition coefficient (Wildman–Crippen LogP) is 5.80. The van der Waals surface area contributed by atoms with Gasteiger partial charge in [-0.2, -0.15) is 0 Å². The van der Waals surface area contributed by atoms with E-state index in [9.17, 15) is 14.7 Å². The number of aliphatic hydroxyl groups is 1. The fourth-order valence-corrected chi connectivity index (χ4v) is 5.41. The number of hydrogen-bond acceptors (Lipinski definition) is 4. The van der Waals surface area contributed by atoms with Gasteiger partial charge in [0.25, 0.3) is 0 Å². The molecule has 0 saturated heterocycles. The number of Topliss-reactive ketones (excluding diaryl/α,β-unsaturated/α-hetero) is 1. The van der Waals surface area contributed by atoms with Gasteiger partial charge >= 0.3 is 0 Å². The number of rotatable bonds is 1. The Balaban J connectivity index is 1.58. The minimum atomic E-state index is -0.807. The average Bonchev–Trinajstić information content (AvgIpc) is 2.83. The summed E-state index contributed by atoms with van der Waals surface area (Å²) in [4.78, 5) is 26.8. The van der Waals surface area contributed by atoms with E-state index in [2.05, 4.69) is 12.1 Å². The van der Waals surface area contributed by atoms with Crippen molar-refractivity contribution in [2.75, 3.05) is 0 Å². The zero-order valence-corrected chi connectivity index (χ0v) is 19.6. The molecule has 0 bridgehead atoms. The van der Waals surface area contributed by atoms with Crippen LogP contribution in [0.5, 0.6) is 0 Å². The number of carbonyl (C=O) groups excluding carboxylic acids is 2. The van der Waals surface area contributed by atoms with Crippen LogP contribution >= 0.6 is 0 Å². The molecule has 1 N–H and O–H groups in total. The monoisotopic (exact) mass is 460 g/mol. The van der Waals surface area contributed by atoms with Crippen molar-refractivity contribution in [3.63, 3.8) is 0 Å². The number of ketones is 2. The van der Waals surface area contributed by atoms with E-state index in [4.69, 9.17) is 4.74 Å². The maximum atomic E-state index is 13.6. The minimum Gasteiger partial charge on any atom is -0.507 e. The molecule has 35 heavy (non-hydrogen) atoms. The van der Waals surface area contributed by atoms with Crippen molar-refractivity contribution in [2.45, 2.75) is 32.8 Å². The van der Waals surface area contributed by atoms with Gasteiger partial charge in [-0.15, -0.1) is 0 Å². The van der Waals surface area contributed by atoms with Crippen molar-refractivity contribution < 1.29 is 19.4 Å². The third-order valence-electron chi connectivity index (χ3n) is 7.01. The number of ether oxygens (including phenoxy) is 1. The molecular formula is C31H24O4. The second-order valence-electron chi connectivity index (χ2n) is 9.48. The second kappa shape index (κ2) is 7.95. The summed E-state index contributed by atoms with van der Waals surface area (Å²) in [5.41, 5.74) is 8.15. The first-order chi connectivity index (χ1) is 16.9. The lowest BCUT2D eigenvalue weighted by molar-refractivity contribution is -0.118. The smallest absolute Gasteiger partial charge is 0.193 e. The fraction of sp³-hybridized carbons (Fsp3) is 0.161. The zero-order chi connectivity index (χ0) is 24.3. The molecule has 1 aliphatic heterocycles. The lowest BCUT2D eigenvalue weighted by atomic mass is 9.75. The SMILES string of the molecule is Cc1ccc2c(c1)Cc1cc(C)ccc1C2=C1C(=O)CC2OC(c3ccccc3)=CC(=O)C2=C1O. The van der Waals surface area contributed by atoms with Crippen LogP contribution in [0.15, 0.2) is 89.7 Å². The topological polar surface area (TPSA) is 63.6 Å². The second-order valence-corrected chi connectivity index (χ2v) is 9.48. The molecule has 2 aliphatic carbocycles. The van der Waals surface area contributed by atoms with E-state index in [0.717, 1.165) is 45.4 Å². The molecular weight excluding hydrogens is 436 g/mol. The van der Waals surface area contributed by atoms with Gasteiger partial charge in [-0.3, -0.25) is 9.59 Å². The van der Waals surface area contributed by atoms with Crippen LogP contribution in [0.4, 0.5) is 0 Å². The molecule has 1 atom stereocenters. The first kappa shape index (κ1) is 21.4. The first-order valence-corrected chi connectivity index (χ1v) is 11.8. The molecule has 3 aromatic carbocycles. The molecule has 0 aromatic heterocycles. The summed E-state index contributed by atoms with van der Waals surface area (Å²) in [5.74, 6) is -0.407. The Morgan fingerprint density at radius 3 is 2.09 bits per heavy atom. The van der Waals surface area contributed by atoms with E-state index < -0.39 is 6.10 Å². The molecule has 0 radical (unpaired) electrons. The summed E-state index contributed by atoms with van der Waals surface area (Å²) in [7, 11) is 0. The van der Waals surface area contributed by atoms with Gasteiger partial charge in [-0.1, -0.05) is 77.9 Å².